The highest BCUT2D eigenvalue weighted by molar-refractivity contribution is 8.00. The van der Waals surface area contributed by atoms with E-state index in [4.69, 9.17) is 11.6 Å². The zero-order valence-corrected chi connectivity index (χ0v) is 12.2. The molecule has 0 radical (unpaired) electrons. The number of anilines is 2. The van der Waals surface area contributed by atoms with Gasteiger partial charge >= 0.3 is 0 Å². The van der Waals surface area contributed by atoms with Gasteiger partial charge in [0.25, 0.3) is 0 Å². The summed E-state index contributed by atoms with van der Waals surface area (Å²) in [7, 11) is 0. The molecule has 1 aliphatic heterocycles. The summed E-state index contributed by atoms with van der Waals surface area (Å²) in [5.41, 5.74) is 2.88. The Morgan fingerprint density at radius 1 is 1.25 bits per heavy atom. The van der Waals surface area contributed by atoms with Crippen molar-refractivity contribution in [3.63, 3.8) is 0 Å². The van der Waals surface area contributed by atoms with Gasteiger partial charge in [-0.3, -0.25) is 4.79 Å². The van der Waals surface area contributed by atoms with Crippen molar-refractivity contribution in [3.05, 3.63) is 53.1 Å². The number of carbonyl (C=O) groups excluding carboxylic acids is 1. The van der Waals surface area contributed by atoms with E-state index in [9.17, 15) is 4.79 Å². The van der Waals surface area contributed by atoms with Crippen LogP contribution in [0.3, 0.4) is 0 Å². The maximum absolute atomic E-state index is 11.4. The van der Waals surface area contributed by atoms with E-state index in [0.29, 0.717) is 12.3 Å². The van der Waals surface area contributed by atoms with Gasteiger partial charge in [0.2, 0.25) is 5.91 Å². The number of rotatable bonds is 3. The lowest BCUT2D eigenvalue weighted by atomic mass is 10.2. The van der Waals surface area contributed by atoms with Gasteiger partial charge in [0.1, 0.15) is 0 Å². The molecule has 0 unspecified atom stereocenters. The highest BCUT2D eigenvalue weighted by Crippen LogP contribution is 2.33. The highest BCUT2D eigenvalue weighted by atomic mass is 35.5. The van der Waals surface area contributed by atoms with E-state index in [2.05, 4.69) is 10.6 Å². The van der Waals surface area contributed by atoms with Crippen LogP contribution in [-0.4, -0.2) is 11.7 Å². The number of hydrogen-bond acceptors (Lipinski definition) is 3. The lowest BCUT2D eigenvalue weighted by Gasteiger charge is -2.17. The fourth-order valence-corrected chi connectivity index (χ4v) is 3.02. The van der Waals surface area contributed by atoms with Crippen LogP contribution in [0.5, 0.6) is 0 Å². The molecule has 2 aromatic rings. The smallest absolute Gasteiger partial charge is 0.234 e. The average Bonchev–Trinajstić information content (AvgIpc) is 2.46. The van der Waals surface area contributed by atoms with Crippen LogP contribution in [0.1, 0.15) is 5.56 Å². The second kappa shape index (κ2) is 5.77. The Kier molecular flexibility index (Phi) is 3.85. The summed E-state index contributed by atoms with van der Waals surface area (Å²) in [5.74, 6) is 0.533. The van der Waals surface area contributed by atoms with E-state index in [1.165, 1.54) is 0 Å². The molecule has 20 heavy (non-hydrogen) atoms. The number of nitrogens with one attached hydrogen (secondary N) is 2. The maximum atomic E-state index is 11.4. The standard InChI is InChI=1S/C15H13ClN2OS/c16-12-4-2-1-3-10(12)8-17-11-5-6-14-13(7-11)18-15(19)9-20-14/h1-7,17H,8-9H2,(H,18,19). The third-order valence-electron chi connectivity index (χ3n) is 3.05. The second-order valence-corrected chi connectivity index (χ2v) is 5.92. The Hall–Kier alpha value is -1.65. The van der Waals surface area contributed by atoms with E-state index in [1.807, 2.05) is 42.5 Å². The van der Waals surface area contributed by atoms with E-state index in [0.717, 1.165) is 26.9 Å². The van der Waals surface area contributed by atoms with Gasteiger partial charge in [0, 0.05) is 22.2 Å². The molecule has 0 fully saturated rings. The first kappa shape index (κ1) is 13.3. The molecule has 2 N–H and O–H groups in total. The molecular formula is C15H13ClN2OS. The van der Waals surface area contributed by atoms with Gasteiger partial charge in [-0.1, -0.05) is 29.8 Å². The van der Waals surface area contributed by atoms with Crippen LogP contribution in [0.2, 0.25) is 5.02 Å². The summed E-state index contributed by atoms with van der Waals surface area (Å²) in [6.45, 7) is 0.652. The molecule has 0 spiro atoms. The second-order valence-electron chi connectivity index (χ2n) is 4.49. The van der Waals surface area contributed by atoms with Gasteiger partial charge in [-0.25, -0.2) is 0 Å². The molecule has 1 amide bonds. The summed E-state index contributed by atoms with van der Waals surface area (Å²) in [6, 6.07) is 13.7. The number of hydrogen-bond donors (Lipinski definition) is 2. The lowest BCUT2D eigenvalue weighted by Crippen LogP contribution is -2.18. The summed E-state index contributed by atoms with van der Waals surface area (Å²) in [5, 5.41) is 6.96. The van der Waals surface area contributed by atoms with Gasteiger partial charge in [-0.2, -0.15) is 0 Å². The van der Waals surface area contributed by atoms with Crippen molar-refractivity contribution >= 4 is 40.6 Å². The molecule has 1 aliphatic rings. The van der Waals surface area contributed by atoms with Crippen LogP contribution in [-0.2, 0) is 11.3 Å². The summed E-state index contributed by atoms with van der Waals surface area (Å²) in [6.07, 6.45) is 0. The van der Waals surface area contributed by atoms with Crippen LogP contribution < -0.4 is 10.6 Å². The van der Waals surface area contributed by atoms with E-state index in [-0.39, 0.29) is 5.91 Å². The molecule has 102 valence electrons. The SMILES string of the molecule is O=C1CSc2ccc(NCc3ccccc3Cl)cc2N1. The molecule has 0 atom stereocenters. The third-order valence-corrected chi connectivity index (χ3v) is 4.50. The van der Waals surface area contributed by atoms with Crippen LogP contribution in [0.15, 0.2) is 47.4 Å². The van der Waals surface area contributed by atoms with Crippen LogP contribution >= 0.6 is 23.4 Å². The molecule has 1 heterocycles. The Bertz CT molecular complexity index is 660. The molecule has 3 nitrogen and oxygen atoms in total. The van der Waals surface area contributed by atoms with Crippen LogP contribution in [0.4, 0.5) is 11.4 Å². The van der Waals surface area contributed by atoms with Crippen molar-refractivity contribution in [3.8, 4) is 0 Å². The Balaban J connectivity index is 1.74. The molecule has 0 bridgehead atoms. The van der Waals surface area contributed by atoms with Crippen molar-refractivity contribution < 1.29 is 4.79 Å². The first-order valence-corrected chi connectivity index (χ1v) is 7.63. The van der Waals surface area contributed by atoms with Crippen molar-refractivity contribution in [2.75, 3.05) is 16.4 Å². The zero-order valence-electron chi connectivity index (χ0n) is 10.7. The summed E-state index contributed by atoms with van der Waals surface area (Å²) in [4.78, 5) is 12.5. The predicted molar refractivity (Wildman–Crippen MR) is 84.6 cm³/mol. The normalized spacial score (nSPS) is 13.6. The molecule has 0 aliphatic carbocycles. The zero-order chi connectivity index (χ0) is 13.9. The number of halogens is 1. The maximum Gasteiger partial charge on any atom is 0.234 e. The van der Waals surface area contributed by atoms with Crippen molar-refractivity contribution in [2.45, 2.75) is 11.4 Å². The van der Waals surface area contributed by atoms with E-state index >= 15 is 0 Å². The molecule has 0 saturated heterocycles. The number of carbonyl (C=O) groups is 1. The lowest BCUT2D eigenvalue weighted by molar-refractivity contribution is -0.113. The minimum atomic E-state index is 0.0470. The van der Waals surface area contributed by atoms with Gasteiger partial charge in [0.15, 0.2) is 0 Å². The Labute approximate surface area is 126 Å². The quantitative estimate of drug-likeness (QED) is 0.900. The fourth-order valence-electron chi connectivity index (χ4n) is 2.03. The van der Waals surface area contributed by atoms with Gasteiger partial charge in [-0.05, 0) is 29.8 Å². The number of amides is 1. The summed E-state index contributed by atoms with van der Waals surface area (Å²) >= 11 is 7.69. The van der Waals surface area contributed by atoms with E-state index < -0.39 is 0 Å². The van der Waals surface area contributed by atoms with E-state index in [1.54, 1.807) is 11.8 Å². The number of benzene rings is 2. The van der Waals surface area contributed by atoms with Crippen molar-refractivity contribution in [1.82, 2.24) is 0 Å². The van der Waals surface area contributed by atoms with Crippen molar-refractivity contribution in [2.24, 2.45) is 0 Å². The van der Waals surface area contributed by atoms with Crippen molar-refractivity contribution in [1.29, 1.82) is 0 Å². The van der Waals surface area contributed by atoms with Crippen LogP contribution in [0.25, 0.3) is 0 Å². The average molecular weight is 305 g/mol. The Morgan fingerprint density at radius 3 is 2.95 bits per heavy atom. The molecule has 3 rings (SSSR count). The molecule has 0 saturated carbocycles. The summed E-state index contributed by atoms with van der Waals surface area (Å²) < 4.78 is 0. The highest BCUT2D eigenvalue weighted by Gasteiger charge is 2.15. The fraction of sp³-hybridized carbons (Fsp3) is 0.133. The molecular weight excluding hydrogens is 292 g/mol. The van der Waals surface area contributed by atoms with Gasteiger partial charge < -0.3 is 10.6 Å². The minimum Gasteiger partial charge on any atom is -0.381 e. The molecule has 5 heteroatoms. The Morgan fingerprint density at radius 2 is 2.10 bits per heavy atom. The van der Waals surface area contributed by atoms with Crippen LogP contribution in [0, 0.1) is 0 Å². The van der Waals surface area contributed by atoms with Gasteiger partial charge in [0.05, 0.1) is 11.4 Å². The third kappa shape index (κ3) is 2.92. The predicted octanol–water partition coefficient (Wildman–Crippen LogP) is 4.00. The number of thioether (sulfide) groups is 1. The largest absolute Gasteiger partial charge is 0.381 e. The van der Waals surface area contributed by atoms with Gasteiger partial charge in [-0.15, -0.1) is 11.8 Å². The first-order valence-electron chi connectivity index (χ1n) is 6.26. The monoisotopic (exact) mass is 304 g/mol. The molecule has 2 aromatic carbocycles. The topological polar surface area (TPSA) is 41.1 Å². The first-order chi connectivity index (χ1) is 9.72. The molecule has 0 aromatic heterocycles. The minimum absolute atomic E-state index is 0.0470. The number of fused-ring (bicyclic) bond motifs is 1.